The first-order valence-corrected chi connectivity index (χ1v) is 13.5. The highest BCUT2D eigenvalue weighted by molar-refractivity contribution is 7.91. The average molecular weight is 491 g/mol. The molecule has 0 radical (unpaired) electrons. The molecule has 1 N–H and O–H groups in total. The minimum Gasteiger partial charge on any atom is -0.616 e. The lowest BCUT2D eigenvalue weighted by molar-refractivity contribution is -0.134. The van der Waals surface area contributed by atoms with Gasteiger partial charge < -0.3 is 23.9 Å². The summed E-state index contributed by atoms with van der Waals surface area (Å²) >= 11 is -1.29. The fourth-order valence-corrected chi connectivity index (χ4v) is 4.63. The van der Waals surface area contributed by atoms with Gasteiger partial charge in [0.2, 0.25) is 0 Å². The molecule has 0 aliphatic heterocycles. The second-order valence-electron chi connectivity index (χ2n) is 8.52. The highest BCUT2D eigenvalue weighted by Gasteiger charge is 2.24. The molecular formula is C26H38N2O5S. The number of para-hydroxylation sites is 1. The third-order valence-electron chi connectivity index (χ3n) is 5.77. The predicted octanol–water partition coefficient (Wildman–Crippen LogP) is 3.95. The number of nitrogens with zero attached hydrogens (tertiary/aromatic N) is 1. The molecule has 0 saturated carbocycles. The van der Waals surface area contributed by atoms with Gasteiger partial charge in [-0.3, -0.25) is 9.59 Å². The van der Waals surface area contributed by atoms with Gasteiger partial charge in [-0.2, -0.15) is 0 Å². The molecule has 0 aliphatic rings. The SMILES string of the molecule is CCCCC(NCCCC(C)N(C)C(=O)COc1ccccc1)C(=O)C[S+]([O-])Cc1ccco1. The molecule has 0 bridgehead atoms. The summed E-state index contributed by atoms with van der Waals surface area (Å²) in [4.78, 5) is 26.9. The summed E-state index contributed by atoms with van der Waals surface area (Å²) in [6, 6.07) is 12.6. The van der Waals surface area contributed by atoms with Crippen molar-refractivity contribution in [3.05, 3.63) is 54.5 Å². The monoisotopic (exact) mass is 490 g/mol. The van der Waals surface area contributed by atoms with E-state index in [0.29, 0.717) is 18.1 Å². The van der Waals surface area contributed by atoms with E-state index in [9.17, 15) is 14.1 Å². The maximum Gasteiger partial charge on any atom is 0.260 e. The summed E-state index contributed by atoms with van der Waals surface area (Å²) in [6.45, 7) is 4.77. The van der Waals surface area contributed by atoms with Crippen LogP contribution in [0.5, 0.6) is 5.75 Å². The van der Waals surface area contributed by atoms with Crippen LogP contribution < -0.4 is 10.1 Å². The minimum absolute atomic E-state index is 0.00580. The van der Waals surface area contributed by atoms with Crippen molar-refractivity contribution in [1.82, 2.24) is 10.2 Å². The van der Waals surface area contributed by atoms with Crippen molar-refractivity contribution < 1.29 is 23.3 Å². The zero-order valence-electron chi connectivity index (χ0n) is 20.5. The normalized spacial score (nSPS) is 13.8. The second-order valence-corrected chi connectivity index (χ2v) is 9.98. The lowest BCUT2D eigenvalue weighted by atomic mass is 10.1. The van der Waals surface area contributed by atoms with Gasteiger partial charge >= 0.3 is 0 Å². The first-order chi connectivity index (χ1) is 16.4. The molecule has 3 atom stereocenters. The smallest absolute Gasteiger partial charge is 0.260 e. The van der Waals surface area contributed by atoms with Crippen LogP contribution in [0.25, 0.3) is 0 Å². The summed E-state index contributed by atoms with van der Waals surface area (Å²) in [5.74, 6) is 1.50. The first kappa shape index (κ1) is 28.0. The molecule has 2 aromatic rings. The number of nitrogens with one attached hydrogen (secondary N) is 1. The fourth-order valence-electron chi connectivity index (χ4n) is 3.53. The number of carbonyl (C=O) groups is 2. The molecule has 0 fully saturated rings. The Morgan fingerprint density at radius 1 is 1.15 bits per heavy atom. The molecule has 188 valence electrons. The van der Waals surface area contributed by atoms with Gasteiger partial charge in [0.15, 0.2) is 29.7 Å². The Labute approximate surface area is 206 Å². The number of ether oxygens (including phenoxy) is 1. The van der Waals surface area contributed by atoms with Gasteiger partial charge in [0.25, 0.3) is 5.91 Å². The molecule has 0 saturated heterocycles. The molecule has 0 spiro atoms. The van der Waals surface area contributed by atoms with E-state index in [1.165, 1.54) is 0 Å². The number of amides is 1. The molecule has 1 aromatic heterocycles. The maximum atomic E-state index is 12.7. The van der Waals surface area contributed by atoms with Crippen molar-refractivity contribution >= 4 is 22.9 Å². The van der Waals surface area contributed by atoms with Gasteiger partial charge in [-0.15, -0.1) is 0 Å². The summed E-state index contributed by atoms with van der Waals surface area (Å²) in [5.41, 5.74) is 0. The molecular weight excluding hydrogens is 452 g/mol. The van der Waals surface area contributed by atoms with Gasteiger partial charge in [-0.05, 0) is 68.2 Å². The minimum atomic E-state index is -1.29. The topological polar surface area (TPSA) is 94.8 Å². The lowest BCUT2D eigenvalue weighted by Crippen LogP contribution is -2.41. The van der Waals surface area contributed by atoms with E-state index in [1.54, 1.807) is 30.3 Å². The van der Waals surface area contributed by atoms with Crippen molar-refractivity contribution in [2.45, 2.75) is 63.8 Å². The molecule has 7 nitrogen and oxygen atoms in total. The molecule has 1 amide bonds. The quantitative estimate of drug-likeness (QED) is 0.266. The van der Waals surface area contributed by atoms with Gasteiger partial charge in [0, 0.05) is 13.1 Å². The number of Topliss-reactive ketones (excluding diaryl/α,β-unsaturated/α-hetero) is 1. The van der Waals surface area contributed by atoms with Crippen molar-refractivity contribution in [2.75, 3.05) is 26.0 Å². The fraction of sp³-hybridized carbons (Fsp3) is 0.538. The number of benzene rings is 1. The zero-order valence-corrected chi connectivity index (χ0v) is 21.4. The maximum absolute atomic E-state index is 12.7. The van der Waals surface area contributed by atoms with E-state index in [2.05, 4.69) is 12.2 Å². The molecule has 8 heteroatoms. The highest BCUT2D eigenvalue weighted by Crippen LogP contribution is 2.12. The van der Waals surface area contributed by atoms with E-state index < -0.39 is 11.2 Å². The molecule has 34 heavy (non-hydrogen) atoms. The molecule has 2 rings (SSSR count). The van der Waals surface area contributed by atoms with E-state index in [-0.39, 0.29) is 41.9 Å². The number of unbranched alkanes of at least 4 members (excludes halogenated alkanes) is 1. The number of carbonyl (C=O) groups excluding carboxylic acids is 2. The number of hydrogen-bond donors (Lipinski definition) is 1. The van der Waals surface area contributed by atoms with E-state index in [4.69, 9.17) is 9.15 Å². The zero-order chi connectivity index (χ0) is 24.8. The first-order valence-electron chi connectivity index (χ1n) is 12.0. The van der Waals surface area contributed by atoms with E-state index in [1.807, 2.05) is 37.3 Å². The van der Waals surface area contributed by atoms with Crippen LogP contribution in [0.15, 0.2) is 53.1 Å². The Hall–Kier alpha value is -2.29. The van der Waals surface area contributed by atoms with Crippen LogP contribution in [0.4, 0.5) is 0 Å². The van der Waals surface area contributed by atoms with Crippen LogP contribution in [-0.2, 0) is 26.5 Å². The van der Waals surface area contributed by atoms with Crippen LogP contribution >= 0.6 is 0 Å². The van der Waals surface area contributed by atoms with Crippen molar-refractivity contribution in [3.8, 4) is 5.75 Å². The molecule has 0 aliphatic carbocycles. The Morgan fingerprint density at radius 2 is 1.91 bits per heavy atom. The number of furan rings is 1. The number of hydrogen-bond acceptors (Lipinski definition) is 6. The number of ketones is 1. The van der Waals surface area contributed by atoms with Crippen LogP contribution in [0, 0.1) is 0 Å². The third kappa shape index (κ3) is 10.3. The van der Waals surface area contributed by atoms with E-state index in [0.717, 1.165) is 32.1 Å². The third-order valence-corrected chi connectivity index (χ3v) is 6.98. The second kappa shape index (κ2) is 15.6. The standard InChI is InChI=1S/C26H38N2O5S/c1-4-5-15-24(25(29)20-34(31)19-23-14-10-17-32-23)27-16-9-11-21(2)28(3)26(30)18-33-22-12-7-6-8-13-22/h6-8,10,12-14,17,21,24,27H,4-5,9,11,15-16,18-20H2,1-3H3. The van der Waals surface area contributed by atoms with Gasteiger partial charge in [-0.25, -0.2) is 0 Å². The molecule has 1 aromatic carbocycles. The summed E-state index contributed by atoms with van der Waals surface area (Å²) in [6.07, 6.45) is 5.84. The Morgan fingerprint density at radius 3 is 2.59 bits per heavy atom. The van der Waals surface area contributed by atoms with Gasteiger partial charge in [-0.1, -0.05) is 38.0 Å². The number of likely N-dealkylation sites (N-methyl/N-ethyl adjacent to an activating group) is 1. The summed E-state index contributed by atoms with van der Waals surface area (Å²) in [7, 11) is 1.79. The van der Waals surface area contributed by atoms with Gasteiger partial charge in [0.1, 0.15) is 5.75 Å². The summed E-state index contributed by atoms with van der Waals surface area (Å²) in [5, 5.41) is 3.35. The van der Waals surface area contributed by atoms with Crippen molar-refractivity contribution in [1.29, 1.82) is 0 Å². The average Bonchev–Trinajstić information content (AvgIpc) is 3.34. The Bertz CT molecular complexity index is 831. The summed E-state index contributed by atoms with van der Waals surface area (Å²) < 4.78 is 23.1. The largest absolute Gasteiger partial charge is 0.616 e. The predicted molar refractivity (Wildman–Crippen MR) is 135 cm³/mol. The highest BCUT2D eigenvalue weighted by atomic mass is 32.2. The molecule has 3 unspecified atom stereocenters. The van der Waals surface area contributed by atoms with Crippen molar-refractivity contribution in [2.24, 2.45) is 0 Å². The lowest BCUT2D eigenvalue weighted by Gasteiger charge is -2.25. The Kier molecular flexibility index (Phi) is 12.8. The van der Waals surface area contributed by atoms with Crippen LogP contribution in [-0.4, -0.2) is 59.2 Å². The van der Waals surface area contributed by atoms with Crippen LogP contribution in [0.2, 0.25) is 0 Å². The molecule has 1 heterocycles. The van der Waals surface area contributed by atoms with Crippen LogP contribution in [0.3, 0.4) is 0 Å². The van der Waals surface area contributed by atoms with Gasteiger partial charge in [0.05, 0.1) is 12.3 Å². The van der Waals surface area contributed by atoms with E-state index >= 15 is 0 Å². The van der Waals surface area contributed by atoms with Crippen molar-refractivity contribution in [3.63, 3.8) is 0 Å². The number of rotatable bonds is 17. The Balaban J connectivity index is 1.71. The van der Waals surface area contributed by atoms with Crippen LogP contribution in [0.1, 0.15) is 51.7 Å².